The second kappa shape index (κ2) is 9.33. The Morgan fingerprint density at radius 2 is 2.00 bits per heavy atom. The number of hydrogen-bond acceptors (Lipinski definition) is 4. The zero-order chi connectivity index (χ0) is 21.8. The summed E-state index contributed by atoms with van der Waals surface area (Å²) in [6, 6.07) is 6.35. The Hall–Kier alpha value is -2.51. The Balaban J connectivity index is 2.46. The van der Waals surface area contributed by atoms with Gasteiger partial charge in [-0.2, -0.15) is 13.2 Å². The van der Waals surface area contributed by atoms with Crippen molar-refractivity contribution in [2.45, 2.75) is 13.1 Å². The number of anilines is 1. The summed E-state index contributed by atoms with van der Waals surface area (Å²) < 4.78 is 57.6. The molecule has 6 nitrogen and oxygen atoms in total. The quantitative estimate of drug-likeness (QED) is 0.198. The first-order valence-corrected chi connectivity index (χ1v) is 10.3. The molecule has 0 heterocycles. The van der Waals surface area contributed by atoms with Gasteiger partial charge in [-0.05, 0) is 24.3 Å². The standard InChI is InChI=1S/C18H17ClF3N2O4P/c1-3-9-23(29(27)4-2)16-11-13(6-7-15(16)24(25)26)28-17-8-5-12(10-14(17)19)18(20,21)22/h3,5-8,10-11,29H,1,4,9H2,2H3. The third kappa shape index (κ3) is 5.52. The third-order valence-corrected chi connectivity index (χ3v) is 5.76. The number of benzene rings is 2. The van der Waals surface area contributed by atoms with Gasteiger partial charge in [0.15, 0.2) is 7.95 Å². The largest absolute Gasteiger partial charge is 0.456 e. The van der Waals surface area contributed by atoms with Crippen molar-refractivity contribution in [3.63, 3.8) is 0 Å². The zero-order valence-electron chi connectivity index (χ0n) is 15.2. The first kappa shape index (κ1) is 22.8. The topological polar surface area (TPSA) is 72.7 Å². The maximum Gasteiger partial charge on any atom is 0.416 e. The van der Waals surface area contributed by atoms with Crippen LogP contribution in [-0.2, 0) is 10.7 Å². The van der Waals surface area contributed by atoms with E-state index in [1.54, 1.807) is 6.92 Å². The highest BCUT2D eigenvalue weighted by molar-refractivity contribution is 7.46. The van der Waals surface area contributed by atoms with E-state index in [2.05, 4.69) is 6.58 Å². The minimum Gasteiger partial charge on any atom is -0.456 e. The fraction of sp³-hybridized carbons (Fsp3) is 0.222. The number of nitro benzene ring substituents is 1. The lowest BCUT2D eigenvalue weighted by Crippen LogP contribution is -2.16. The van der Waals surface area contributed by atoms with Gasteiger partial charge in [0.2, 0.25) is 0 Å². The van der Waals surface area contributed by atoms with E-state index in [4.69, 9.17) is 16.3 Å². The van der Waals surface area contributed by atoms with Gasteiger partial charge < -0.3 is 14.0 Å². The van der Waals surface area contributed by atoms with Crippen LogP contribution in [0.5, 0.6) is 11.5 Å². The van der Waals surface area contributed by atoms with Crippen molar-refractivity contribution in [2.75, 3.05) is 17.4 Å². The van der Waals surface area contributed by atoms with Crippen molar-refractivity contribution in [1.82, 2.24) is 0 Å². The molecule has 0 radical (unpaired) electrons. The van der Waals surface area contributed by atoms with Gasteiger partial charge in [-0.3, -0.25) is 10.1 Å². The van der Waals surface area contributed by atoms with E-state index in [0.29, 0.717) is 0 Å². The molecule has 0 aliphatic rings. The summed E-state index contributed by atoms with van der Waals surface area (Å²) in [4.78, 5) is 10.8. The number of ether oxygens (including phenoxy) is 1. The van der Waals surface area contributed by atoms with Gasteiger partial charge in [0.25, 0.3) is 5.69 Å². The summed E-state index contributed by atoms with van der Waals surface area (Å²) in [5, 5.41) is 11.1. The summed E-state index contributed by atoms with van der Waals surface area (Å²) in [5.74, 6) is 0.0325. The summed E-state index contributed by atoms with van der Waals surface area (Å²) in [7, 11) is -2.35. The summed E-state index contributed by atoms with van der Waals surface area (Å²) in [5.41, 5.74) is -1.16. The van der Waals surface area contributed by atoms with Gasteiger partial charge >= 0.3 is 6.18 Å². The predicted molar refractivity (Wildman–Crippen MR) is 107 cm³/mol. The highest BCUT2D eigenvalue weighted by Crippen LogP contribution is 2.42. The molecule has 2 aromatic carbocycles. The van der Waals surface area contributed by atoms with Crippen LogP contribution in [0.15, 0.2) is 49.1 Å². The Morgan fingerprint density at radius 1 is 1.31 bits per heavy atom. The average Bonchev–Trinajstić information content (AvgIpc) is 2.66. The normalized spacial score (nSPS) is 12.3. The van der Waals surface area contributed by atoms with Crippen LogP contribution < -0.4 is 9.41 Å². The van der Waals surface area contributed by atoms with Crippen molar-refractivity contribution >= 4 is 30.9 Å². The molecule has 1 atom stereocenters. The van der Waals surface area contributed by atoms with Gasteiger partial charge in [-0.15, -0.1) is 6.58 Å². The van der Waals surface area contributed by atoms with E-state index in [0.717, 1.165) is 18.2 Å². The molecule has 0 spiro atoms. The van der Waals surface area contributed by atoms with E-state index in [1.165, 1.54) is 28.9 Å². The fourth-order valence-electron chi connectivity index (χ4n) is 2.48. The maximum absolute atomic E-state index is 12.8. The molecular formula is C18H17ClF3N2O4P. The van der Waals surface area contributed by atoms with Gasteiger partial charge in [-0.25, -0.2) is 0 Å². The monoisotopic (exact) mass is 448 g/mol. The second-order valence-corrected chi connectivity index (χ2v) is 8.24. The van der Waals surface area contributed by atoms with Gasteiger partial charge in [0, 0.05) is 24.8 Å². The molecule has 2 rings (SSSR count). The fourth-order valence-corrected chi connectivity index (χ4v) is 3.86. The van der Waals surface area contributed by atoms with Gasteiger partial charge in [0.05, 0.1) is 15.5 Å². The van der Waals surface area contributed by atoms with E-state index in [-0.39, 0.29) is 40.6 Å². The van der Waals surface area contributed by atoms with Gasteiger partial charge in [0.1, 0.15) is 17.2 Å². The molecule has 0 aromatic heterocycles. The van der Waals surface area contributed by atoms with E-state index >= 15 is 0 Å². The van der Waals surface area contributed by atoms with Crippen molar-refractivity contribution in [2.24, 2.45) is 0 Å². The summed E-state index contributed by atoms with van der Waals surface area (Å²) in [6.07, 6.45) is -2.81. The van der Waals surface area contributed by atoms with E-state index in [1.807, 2.05) is 0 Å². The zero-order valence-corrected chi connectivity index (χ0v) is 17.0. The van der Waals surface area contributed by atoms with Crippen molar-refractivity contribution in [1.29, 1.82) is 0 Å². The lowest BCUT2D eigenvalue weighted by Gasteiger charge is -2.22. The minimum atomic E-state index is -4.55. The van der Waals surface area contributed by atoms with Crippen LogP contribution in [0, 0.1) is 10.1 Å². The Kier molecular flexibility index (Phi) is 7.32. The van der Waals surface area contributed by atoms with Crippen LogP contribution in [0.4, 0.5) is 24.5 Å². The minimum absolute atomic E-state index is 0.0566. The molecule has 0 amide bonds. The lowest BCUT2D eigenvalue weighted by atomic mass is 10.2. The molecule has 29 heavy (non-hydrogen) atoms. The molecular weight excluding hydrogens is 432 g/mol. The van der Waals surface area contributed by atoms with Gasteiger partial charge in [-0.1, -0.05) is 24.6 Å². The molecule has 0 aliphatic carbocycles. The molecule has 11 heteroatoms. The first-order valence-electron chi connectivity index (χ1n) is 8.32. The summed E-state index contributed by atoms with van der Waals surface area (Å²) >= 11 is 5.89. The Labute approximate surface area is 170 Å². The lowest BCUT2D eigenvalue weighted by molar-refractivity contribution is -0.384. The van der Waals surface area contributed by atoms with Crippen LogP contribution in [-0.4, -0.2) is 17.6 Å². The van der Waals surface area contributed by atoms with Crippen molar-refractivity contribution in [3.8, 4) is 11.5 Å². The molecule has 0 N–H and O–H groups in total. The first-order chi connectivity index (χ1) is 13.6. The highest BCUT2D eigenvalue weighted by Gasteiger charge is 2.31. The number of nitrogens with zero attached hydrogens (tertiary/aromatic N) is 2. The number of alkyl halides is 3. The molecule has 0 fully saturated rings. The number of halogens is 4. The van der Waals surface area contributed by atoms with E-state index < -0.39 is 24.6 Å². The summed E-state index contributed by atoms with van der Waals surface area (Å²) in [6.45, 7) is 5.37. The molecule has 0 bridgehead atoms. The highest BCUT2D eigenvalue weighted by atomic mass is 35.5. The van der Waals surface area contributed by atoms with Crippen LogP contribution in [0.25, 0.3) is 0 Å². The number of rotatable bonds is 8. The number of nitro groups is 1. The average molecular weight is 449 g/mol. The second-order valence-electron chi connectivity index (χ2n) is 5.80. The molecule has 0 saturated carbocycles. The number of hydrogen-bond donors (Lipinski definition) is 0. The molecule has 0 saturated heterocycles. The Morgan fingerprint density at radius 3 is 2.52 bits per heavy atom. The molecule has 2 aromatic rings. The van der Waals surface area contributed by atoms with E-state index in [9.17, 15) is 27.9 Å². The Bertz CT molecular complexity index is 953. The van der Waals surface area contributed by atoms with Crippen LogP contribution in [0.3, 0.4) is 0 Å². The maximum atomic E-state index is 12.8. The van der Waals surface area contributed by atoms with Crippen LogP contribution in [0.1, 0.15) is 12.5 Å². The smallest absolute Gasteiger partial charge is 0.416 e. The molecule has 156 valence electrons. The molecule has 1 unspecified atom stereocenters. The van der Waals surface area contributed by atoms with Crippen LogP contribution in [0.2, 0.25) is 5.02 Å². The van der Waals surface area contributed by atoms with Crippen molar-refractivity contribution < 1.29 is 27.4 Å². The third-order valence-electron chi connectivity index (χ3n) is 3.84. The van der Waals surface area contributed by atoms with Crippen molar-refractivity contribution in [3.05, 3.63) is 69.8 Å². The molecule has 0 aliphatic heterocycles. The predicted octanol–water partition coefficient (Wildman–Crippen LogP) is 6.55. The SMILES string of the molecule is C=CCN(c1cc(Oc2ccc(C(F)(F)F)cc2Cl)ccc1[N+](=O)[O-])[PH](=O)CC. The van der Waals surface area contributed by atoms with Crippen LogP contribution >= 0.6 is 19.6 Å².